The number of nitrogens with one attached hydrogen (secondary N) is 2. The van der Waals surface area contributed by atoms with Crippen molar-refractivity contribution in [1.29, 1.82) is 0 Å². The number of para-hydroxylation sites is 1. The summed E-state index contributed by atoms with van der Waals surface area (Å²) in [4.78, 5) is 55.6. The maximum atomic E-state index is 12.7. The number of thioether (sulfide) groups is 1. The largest absolute Gasteiger partial charge is 0.484 e. The second-order valence-electron chi connectivity index (χ2n) is 7.39. The van der Waals surface area contributed by atoms with Crippen molar-refractivity contribution >= 4 is 35.5 Å². The molecule has 2 aromatic rings. The fourth-order valence-corrected chi connectivity index (χ4v) is 4.84. The molecule has 0 radical (unpaired) electrons. The highest BCUT2D eigenvalue weighted by molar-refractivity contribution is 8.00. The molecular weight excluding hydrogens is 462 g/mol. The highest BCUT2D eigenvalue weighted by Crippen LogP contribution is 2.40. The summed E-state index contributed by atoms with van der Waals surface area (Å²) in [5.41, 5.74) is 2.55. The normalized spacial score (nSPS) is 19.1. The minimum atomic E-state index is -1.41. The zero-order valence-electron chi connectivity index (χ0n) is 17.8. The molecule has 0 aromatic heterocycles. The average Bonchev–Trinajstić information content (AvgIpc) is 2.86. The summed E-state index contributed by atoms with van der Waals surface area (Å²) in [5, 5.41) is 11.6. The number of nitrogens with zero attached hydrogens (tertiary/aromatic N) is 1. The number of ether oxygens (including phenoxy) is 1. The first-order valence-corrected chi connectivity index (χ1v) is 11.3. The van der Waals surface area contributed by atoms with E-state index in [1.165, 1.54) is 11.8 Å². The Hall–Kier alpha value is -3.83. The van der Waals surface area contributed by atoms with Crippen molar-refractivity contribution in [2.45, 2.75) is 18.0 Å². The number of hydrogen-bond acceptors (Lipinski definition) is 7. The lowest BCUT2D eigenvalue weighted by molar-refractivity contribution is -0.151. The van der Waals surface area contributed by atoms with Crippen molar-refractivity contribution < 1.29 is 33.9 Å². The van der Waals surface area contributed by atoms with Gasteiger partial charge in [-0.2, -0.15) is 0 Å². The van der Waals surface area contributed by atoms with E-state index in [0.29, 0.717) is 5.75 Å². The van der Waals surface area contributed by atoms with Crippen molar-refractivity contribution in [3.05, 3.63) is 77.5 Å². The van der Waals surface area contributed by atoms with Gasteiger partial charge in [0.2, 0.25) is 0 Å². The summed E-state index contributed by atoms with van der Waals surface area (Å²) < 4.78 is 5.37. The topological polar surface area (TPSA) is 134 Å². The van der Waals surface area contributed by atoms with Gasteiger partial charge in [0.1, 0.15) is 22.9 Å². The van der Waals surface area contributed by atoms with E-state index in [1.54, 1.807) is 24.3 Å². The van der Waals surface area contributed by atoms with Gasteiger partial charge in [-0.3, -0.25) is 24.1 Å². The Labute approximate surface area is 198 Å². The van der Waals surface area contributed by atoms with Gasteiger partial charge in [0, 0.05) is 5.75 Å². The van der Waals surface area contributed by atoms with Crippen LogP contribution in [-0.2, 0) is 30.6 Å². The fraction of sp³-hybridized carbons (Fsp3) is 0.217. The molecule has 34 heavy (non-hydrogen) atoms. The number of hydroxylamine groups is 1. The fourth-order valence-electron chi connectivity index (χ4n) is 3.49. The number of hydrogen-bond donors (Lipinski definition) is 3. The molecule has 1 saturated heterocycles. The standard InChI is InChI=1S/C23H21N3O7S/c27-17(12-32-15-9-5-2-6-10-15)24-18-21(29)26-19(23(30)31)16(13-34-22(18)26)20(28)25-33-11-14-7-3-1-4-8-14/h1-10,18,22H,11-13H2,(H,24,27)(H,25,28)(H,30,31)/t18?,22-/m1/s1. The summed E-state index contributed by atoms with van der Waals surface area (Å²) in [6.07, 6.45) is 0. The number of benzene rings is 2. The van der Waals surface area contributed by atoms with Crippen LogP contribution in [0, 0.1) is 0 Å². The van der Waals surface area contributed by atoms with Crippen LogP contribution in [0.25, 0.3) is 0 Å². The number of carboxylic acids is 1. The van der Waals surface area contributed by atoms with E-state index >= 15 is 0 Å². The third-order valence-electron chi connectivity index (χ3n) is 5.12. The number of amides is 3. The molecule has 2 aliphatic rings. The number of carbonyl (C=O) groups is 4. The zero-order chi connectivity index (χ0) is 24.1. The Morgan fingerprint density at radius 1 is 1.06 bits per heavy atom. The second kappa shape index (κ2) is 10.4. The quantitative estimate of drug-likeness (QED) is 0.356. The van der Waals surface area contributed by atoms with E-state index in [1.807, 2.05) is 36.4 Å². The van der Waals surface area contributed by atoms with E-state index in [2.05, 4.69) is 10.8 Å². The van der Waals surface area contributed by atoms with Crippen molar-refractivity contribution in [3.63, 3.8) is 0 Å². The molecule has 2 aromatic carbocycles. The van der Waals surface area contributed by atoms with Gasteiger partial charge in [0.15, 0.2) is 6.61 Å². The van der Waals surface area contributed by atoms with Crippen LogP contribution >= 0.6 is 11.8 Å². The Kier molecular flexibility index (Phi) is 7.14. The molecule has 10 nitrogen and oxygen atoms in total. The minimum absolute atomic E-state index is 0.0312. The smallest absolute Gasteiger partial charge is 0.353 e. The lowest BCUT2D eigenvalue weighted by atomic mass is 10.0. The van der Waals surface area contributed by atoms with Crippen LogP contribution in [0.15, 0.2) is 71.9 Å². The van der Waals surface area contributed by atoms with Crippen LogP contribution in [0.2, 0.25) is 0 Å². The van der Waals surface area contributed by atoms with Crippen LogP contribution in [0.1, 0.15) is 5.56 Å². The van der Waals surface area contributed by atoms with Gasteiger partial charge in [-0.05, 0) is 17.7 Å². The van der Waals surface area contributed by atoms with Crippen LogP contribution in [0.3, 0.4) is 0 Å². The molecule has 3 N–H and O–H groups in total. The summed E-state index contributed by atoms with van der Waals surface area (Å²) in [7, 11) is 0. The van der Waals surface area contributed by atoms with Gasteiger partial charge in [0.05, 0.1) is 12.2 Å². The highest BCUT2D eigenvalue weighted by atomic mass is 32.2. The Morgan fingerprint density at radius 3 is 2.41 bits per heavy atom. The molecule has 4 rings (SSSR count). The number of fused-ring (bicyclic) bond motifs is 1. The zero-order valence-corrected chi connectivity index (χ0v) is 18.6. The molecule has 1 unspecified atom stereocenters. The van der Waals surface area contributed by atoms with Crippen molar-refractivity contribution in [2.24, 2.45) is 0 Å². The summed E-state index contributed by atoms with van der Waals surface area (Å²) >= 11 is 1.18. The molecule has 11 heteroatoms. The van der Waals surface area contributed by atoms with Gasteiger partial charge < -0.3 is 15.2 Å². The van der Waals surface area contributed by atoms with E-state index in [0.717, 1.165) is 10.5 Å². The molecule has 0 aliphatic carbocycles. The molecule has 0 bridgehead atoms. The number of rotatable bonds is 9. The van der Waals surface area contributed by atoms with Gasteiger partial charge in [0.25, 0.3) is 17.7 Å². The first-order chi connectivity index (χ1) is 16.5. The van der Waals surface area contributed by atoms with E-state index < -0.39 is 40.8 Å². The van der Waals surface area contributed by atoms with Crippen LogP contribution < -0.4 is 15.5 Å². The monoisotopic (exact) mass is 483 g/mol. The average molecular weight is 484 g/mol. The Morgan fingerprint density at radius 2 is 1.74 bits per heavy atom. The summed E-state index contributed by atoms with van der Waals surface area (Å²) in [5.74, 6) is -2.74. The highest BCUT2D eigenvalue weighted by Gasteiger charge is 2.55. The molecule has 1 fully saturated rings. The molecule has 0 saturated carbocycles. The van der Waals surface area contributed by atoms with Crippen molar-refractivity contribution in [2.75, 3.05) is 12.4 Å². The van der Waals surface area contributed by atoms with E-state index in [4.69, 9.17) is 9.57 Å². The van der Waals surface area contributed by atoms with Gasteiger partial charge in [-0.25, -0.2) is 10.3 Å². The summed E-state index contributed by atoms with van der Waals surface area (Å²) in [6.45, 7) is -0.195. The lowest BCUT2D eigenvalue weighted by Gasteiger charge is -2.49. The summed E-state index contributed by atoms with van der Waals surface area (Å²) in [6, 6.07) is 16.9. The predicted octanol–water partition coefficient (Wildman–Crippen LogP) is 1.05. The molecule has 2 heterocycles. The second-order valence-corrected chi connectivity index (χ2v) is 8.50. The SMILES string of the molecule is O=C(COc1ccccc1)NC1C(=O)N2C(C(=O)O)=C(C(=O)NOCc3ccccc3)CS[C@H]12. The van der Waals surface area contributed by atoms with Crippen LogP contribution in [-0.4, -0.2) is 57.5 Å². The molecule has 2 atom stereocenters. The third-order valence-corrected chi connectivity index (χ3v) is 6.40. The third kappa shape index (κ3) is 5.05. The maximum absolute atomic E-state index is 12.7. The number of β-lactam (4-membered cyclic amide) rings is 1. The van der Waals surface area contributed by atoms with Crippen molar-refractivity contribution in [1.82, 2.24) is 15.7 Å². The number of carbonyl (C=O) groups excluding carboxylic acids is 3. The maximum Gasteiger partial charge on any atom is 0.353 e. The predicted molar refractivity (Wildman–Crippen MR) is 121 cm³/mol. The minimum Gasteiger partial charge on any atom is -0.484 e. The number of aliphatic carboxylic acids is 1. The molecule has 2 aliphatic heterocycles. The van der Waals surface area contributed by atoms with Gasteiger partial charge in [-0.15, -0.1) is 11.8 Å². The van der Waals surface area contributed by atoms with Crippen LogP contribution in [0.5, 0.6) is 5.75 Å². The number of carboxylic acid groups (broad SMARTS) is 1. The van der Waals surface area contributed by atoms with Crippen LogP contribution in [0.4, 0.5) is 0 Å². The molecule has 176 valence electrons. The van der Waals surface area contributed by atoms with Crippen molar-refractivity contribution in [3.8, 4) is 5.75 Å². The molecular formula is C23H21N3O7S. The van der Waals surface area contributed by atoms with E-state index in [9.17, 15) is 24.3 Å². The first-order valence-electron chi connectivity index (χ1n) is 10.3. The first kappa shape index (κ1) is 23.3. The molecule has 0 spiro atoms. The van der Waals surface area contributed by atoms with Gasteiger partial charge in [-0.1, -0.05) is 48.5 Å². The lowest BCUT2D eigenvalue weighted by Crippen LogP contribution is -2.71. The Balaban J connectivity index is 1.36. The molecule has 3 amide bonds. The van der Waals surface area contributed by atoms with E-state index in [-0.39, 0.29) is 24.5 Å². The Bertz CT molecular complexity index is 1120. The van der Waals surface area contributed by atoms with Gasteiger partial charge >= 0.3 is 5.97 Å².